The molecule has 3 heterocycles. The SMILES string of the molecule is CC1(C2=CC=CCC2)C=C(n2c3ccccc3c3ccc4c(c32)N(C2C=CC=CC2)C2=CC=CCC24)NC(c2c#cccc2)=N1. The van der Waals surface area contributed by atoms with Gasteiger partial charge in [0.1, 0.15) is 17.2 Å². The van der Waals surface area contributed by atoms with Gasteiger partial charge in [-0.2, -0.15) is 0 Å². The number of allylic oxidation sites excluding steroid dienone is 9. The molecule has 3 aromatic carbocycles. The van der Waals surface area contributed by atoms with Gasteiger partial charge in [-0.1, -0.05) is 103 Å². The number of benzene rings is 2. The van der Waals surface area contributed by atoms with E-state index in [-0.39, 0.29) is 6.04 Å². The second-order valence-corrected chi connectivity index (χ2v) is 12.7. The van der Waals surface area contributed by atoms with E-state index in [2.05, 4.69) is 143 Å². The average Bonchev–Trinajstić information content (AvgIpc) is 3.62. The fourth-order valence-corrected chi connectivity index (χ4v) is 7.88. The molecule has 0 bridgehead atoms. The topological polar surface area (TPSA) is 32.6 Å². The van der Waals surface area contributed by atoms with Gasteiger partial charge in [-0.15, -0.1) is 0 Å². The molecule has 3 unspecified atom stereocenters. The van der Waals surface area contributed by atoms with Gasteiger partial charge in [0.15, 0.2) is 0 Å². The second kappa shape index (κ2) is 10.1. The molecule has 4 aromatic rings. The number of nitrogens with one attached hydrogen (secondary N) is 1. The van der Waals surface area contributed by atoms with Crippen molar-refractivity contribution in [3.05, 3.63) is 156 Å². The number of aliphatic imine (C=N–C) groups is 1. The molecule has 1 aromatic heterocycles. The predicted octanol–water partition coefficient (Wildman–Crippen LogP) is 8.91. The number of nitrogens with zero attached hydrogens (tertiary/aromatic N) is 3. The van der Waals surface area contributed by atoms with Crippen molar-refractivity contribution in [3.8, 4) is 0 Å². The van der Waals surface area contributed by atoms with Gasteiger partial charge in [0.2, 0.25) is 0 Å². The first kappa shape index (κ1) is 26.2. The van der Waals surface area contributed by atoms with Gasteiger partial charge in [0.05, 0.1) is 28.3 Å². The summed E-state index contributed by atoms with van der Waals surface area (Å²) in [5.41, 5.74) is 8.27. The number of rotatable bonds is 4. The minimum atomic E-state index is -0.517. The Hall–Kier alpha value is -5.27. The van der Waals surface area contributed by atoms with Crippen LogP contribution in [0, 0.1) is 12.1 Å². The molecule has 3 atom stereocenters. The zero-order chi connectivity index (χ0) is 30.0. The van der Waals surface area contributed by atoms with Crippen LogP contribution in [0.2, 0.25) is 0 Å². The molecule has 218 valence electrons. The van der Waals surface area contributed by atoms with E-state index in [1.807, 2.05) is 12.1 Å². The zero-order valence-electron chi connectivity index (χ0n) is 25.4. The first-order valence-corrected chi connectivity index (χ1v) is 16.1. The fraction of sp³-hybridized carbons (Fsp3) is 0.195. The maximum atomic E-state index is 5.37. The van der Waals surface area contributed by atoms with Crippen LogP contribution in [-0.4, -0.2) is 22.0 Å². The van der Waals surface area contributed by atoms with Crippen molar-refractivity contribution in [2.45, 2.75) is 50.1 Å². The number of aromatic nitrogens is 1. The van der Waals surface area contributed by atoms with Gasteiger partial charge in [-0.3, -0.25) is 9.56 Å². The Morgan fingerprint density at radius 1 is 0.911 bits per heavy atom. The van der Waals surface area contributed by atoms with Crippen LogP contribution < -0.4 is 10.2 Å². The highest BCUT2D eigenvalue weighted by Gasteiger charge is 2.40. The normalized spacial score (nSPS) is 24.9. The Bertz CT molecular complexity index is 2110. The van der Waals surface area contributed by atoms with Gasteiger partial charge < -0.3 is 10.2 Å². The summed E-state index contributed by atoms with van der Waals surface area (Å²) in [4.78, 5) is 8.00. The van der Waals surface area contributed by atoms with Crippen LogP contribution in [0.25, 0.3) is 27.6 Å². The molecule has 45 heavy (non-hydrogen) atoms. The van der Waals surface area contributed by atoms with Crippen molar-refractivity contribution in [1.29, 1.82) is 0 Å². The van der Waals surface area contributed by atoms with Gasteiger partial charge in [-0.25, -0.2) is 0 Å². The number of para-hydroxylation sites is 1. The molecule has 5 aliphatic rings. The lowest BCUT2D eigenvalue weighted by atomic mass is 9.85. The Morgan fingerprint density at radius 3 is 2.67 bits per heavy atom. The summed E-state index contributed by atoms with van der Waals surface area (Å²) < 4.78 is 2.48. The van der Waals surface area contributed by atoms with Gasteiger partial charge in [0, 0.05) is 22.4 Å². The molecule has 0 spiro atoms. The van der Waals surface area contributed by atoms with E-state index in [1.165, 1.54) is 44.3 Å². The molecule has 9 rings (SSSR count). The summed E-state index contributed by atoms with van der Waals surface area (Å²) in [5.74, 6) is 2.19. The van der Waals surface area contributed by atoms with Crippen molar-refractivity contribution >= 4 is 39.1 Å². The highest BCUT2D eigenvalue weighted by atomic mass is 15.2. The molecule has 0 saturated carbocycles. The molecule has 0 saturated heterocycles. The van der Waals surface area contributed by atoms with E-state index < -0.39 is 5.54 Å². The van der Waals surface area contributed by atoms with Crippen molar-refractivity contribution in [1.82, 2.24) is 9.88 Å². The Morgan fingerprint density at radius 2 is 1.82 bits per heavy atom. The third kappa shape index (κ3) is 4.04. The van der Waals surface area contributed by atoms with Crippen LogP contribution in [-0.2, 0) is 0 Å². The second-order valence-electron chi connectivity index (χ2n) is 12.7. The summed E-state index contributed by atoms with van der Waals surface area (Å²) in [6, 6.07) is 26.3. The van der Waals surface area contributed by atoms with Crippen LogP contribution in [0.3, 0.4) is 0 Å². The number of hydrogen-bond donors (Lipinski definition) is 1. The van der Waals surface area contributed by atoms with Crippen LogP contribution in [0.5, 0.6) is 0 Å². The Balaban J connectivity index is 1.34. The fourth-order valence-electron chi connectivity index (χ4n) is 7.88. The maximum Gasteiger partial charge on any atom is 0.143 e. The van der Waals surface area contributed by atoms with Gasteiger partial charge in [0.25, 0.3) is 0 Å². The van der Waals surface area contributed by atoms with Crippen molar-refractivity contribution in [2.75, 3.05) is 4.90 Å². The molecule has 0 amide bonds. The van der Waals surface area contributed by atoms with E-state index in [1.54, 1.807) is 0 Å². The number of amidine groups is 1. The van der Waals surface area contributed by atoms with E-state index in [0.717, 1.165) is 42.9 Å². The maximum absolute atomic E-state index is 5.37. The quantitative estimate of drug-likeness (QED) is 0.261. The minimum absolute atomic E-state index is 0.262. The summed E-state index contributed by atoms with van der Waals surface area (Å²) in [6.45, 7) is 2.25. The van der Waals surface area contributed by atoms with Crippen molar-refractivity contribution in [2.24, 2.45) is 4.99 Å². The average molecular weight is 583 g/mol. The smallest absolute Gasteiger partial charge is 0.143 e. The molecule has 0 radical (unpaired) electrons. The van der Waals surface area contributed by atoms with Crippen molar-refractivity contribution < 1.29 is 0 Å². The van der Waals surface area contributed by atoms with E-state index in [0.29, 0.717) is 5.92 Å². The molecular weight excluding hydrogens is 548 g/mol. The Kier molecular flexibility index (Phi) is 5.90. The summed E-state index contributed by atoms with van der Waals surface area (Å²) in [5, 5.41) is 6.33. The van der Waals surface area contributed by atoms with Crippen LogP contribution >= 0.6 is 0 Å². The lowest BCUT2D eigenvalue weighted by Gasteiger charge is -2.34. The first-order chi connectivity index (χ1) is 22.2. The summed E-state index contributed by atoms with van der Waals surface area (Å²) >= 11 is 0. The van der Waals surface area contributed by atoms with E-state index >= 15 is 0 Å². The number of fused-ring (bicyclic) bond motifs is 7. The van der Waals surface area contributed by atoms with Gasteiger partial charge in [-0.05, 0) is 74.1 Å². The highest BCUT2D eigenvalue weighted by molar-refractivity contribution is 6.16. The monoisotopic (exact) mass is 582 g/mol. The Labute approximate surface area is 264 Å². The molecular formula is C41H34N4. The molecule has 4 nitrogen and oxygen atoms in total. The molecule has 4 heteroatoms. The van der Waals surface area contributed by atoms with Gasteiger partial charge >= 0.3 is 0 Å². The van der Waals surface area contributed by atoms with Crippen LogP contribution in [0.1, 0.15) is 49.7 Å². The third-order valence-electron chi connectivity index (χ3n) is 9.97. The predicted molar refractivity (Wildman–Crippen MR) is 186 cm³/mol. The summed E-state index contributed by atoms with van der Waals surface area (Å²) in [6.07, 6.45) is 29.0. The standard InChI is InChI=1S/C41H34N4/c1-41(29-17-7-3-8-18-29)27-37(42-40(43-41)28-15-5-2-6-16-28)45-36-24-14-12-22-32(36)34-26-25-33-31-21-11-13-23-35(31)44(38(33)39(34)45)30-19-9-4-10-20-30/h2-5,7,9-15,17,19,22-27,30-31H,8,18,20-21H2,1H3,(H,42,43). The molecule has 0 fully saturated rings. The number of hydrogen-bond acceptors (Lipinski definition) is 3. The number of anilines is 1. The molecule has 2 aliphatic heterocycles. The van der Waals surface area contributed by atoms with Crippen LogP contribution in [0.4, 0.5) is 5.69 Å². The molecule has 1 N–H and O–H groups in total. The summed E-state index contributed by atoms with van der Waals surface area (Å²) in [7, 11) is 0. The zero-order valence-corrected chi connectivity index (χ0v) is 25.4. The lowest BCUT2D eigenvalue weighted by Crippen LogP contribution is -2.38. The lowest BCUT2D eigenvalue weighted by molar-refractivity contribution is 0.634. The first-order valence-electron chi connectivity index (χ1n) is 16.1. The molecule has 3 aliphatic carbocycles. The van der Waals surface area contributed by atoms with E-state index in [9.17, 15) is 0 Å². The third-order valence-corrected chi connectivity index (χ3v) is 9.97. The van der Waals surface area contributed by atoms with E-state index in [4.69, 9.17) is 4.99 Å². The van der Waals surface area contributed by atoms with Crippen LogP contribution in [0.15, 0.2) is 138 Å². The van der Waals surface area contributed by atoms with Crippen molar-refractivity contribution in [3.63, 3.8) is 0 Å². The highest BCUT2D eigenvalue weighted by Crippen LogP contribution is 2.53. The minimum Gasteiger partial charge on any atom is -0.335 e. The largest absolute Gasteiger partial charge is 0.335 e.